The molecule has 0 saturated carbocycles. The van der Waals surface area contributed by atoms with Crippen molar-refractivity contribution >= 4 is 11.6 Å². The molecule has 0 aliphatic carbocycles. The zero-order chi connectivity index (χ0) is 14.7. The van der Waals surface area contributed by atoms with Crippen molar-refractivity contribution in [2.24, 2.45) is 0 Å². The number of hydrogen-bond donors (Lipinski definition) is 3. The van der Waals surface area contributed by atoms with E-state index in [1.165, 1.54) is 6.07 Å². The van der Waals surface area contributed by atoms with Gasteiger partial charge in [0.05, 0.1) is 0 Å². The SMILES string of the molecule is Cc1cc(C(=O)NCc2cccc(N)c2C)ccc1O. The molecular weight excluding hydrogens is 252 g/mol. The summed E-state index contributed by atoms with van der Waals surface area (Å²) < 4.78 is 0. The highest BCUT2D eigenvalue weighted by Crippen LogP contribution is 2.18. The number of nitrogens with one attached hydrogen (secondary N) is 1. The minimum Gasteiger partial charge on any atom is -0.508 e. The molecule has 0 saturated heterocycles. The number of phenols is 1. The Balaban J connectivity index is 2.08. The minimum absolute atomic E-state index is 0.171. The lowest BCUT2D eigenvalue weighted by Crippen LogP contribution is -2.23. The Morgan fingerprint density at radius 3 is 2.70 bits per heavy atom. The van der Waals surface area contributed by atoms with Crippen molar-refractivity contribution in [1.29, 1.82) is 0 Å². The summed E-state index contributed by atoms with van der Waals surface area (Å²) in [5.74, 6) is 0.0168. The molecule has 0 aliphatic heterocycles. The summed E-state index contributed by atoms with van der Waals surface area (Å²) in [4.78, 5) is 12.1. The van der Waals surface area contributed by atoms with E-state index in [0.29, 0.717) is 17.7 Å². The topological polar surface area (TPSA) is 75.4 Å². The molecule has 4 heteroatoms. The van der Waals surface area contributed by atoms with Crippen LogP contribution >= 0.6 is 0 Å². The van der Waals surface area contributed by atoms with Crippen LogP contribution in [0, 0.1) is 13.8 Å². The maximum atomic E-state index is 12.1. The molecule has 2 aromatic carbocycles. The van der Waals surface area contributed by atoms with Gasteiger partial charge in [-0.25, -0.2) is 0 Å². The van der Waals surface area contributed by atoms with Crippen LogP contribution in [0.2, 0.25) is 0 Å². The predicted octanol–water partition coefficient (Wildman–Crippen LogP) is 2.52. The highest BCUT2D eigenvalue weighted by Gasteiger charge is 2.08. The summed E-state index contributed by atoms with van der Waals surface area (Å²) in [6.45, 7) is 4.12. The van der Waals surface area contributed by atoms with Gasteiger partial charge in [0.25, 0.3) is 5.91 Å². The highest BCUT2D eigenvalue weighted by atomic mass is 16.3. The third kappa shape index (κ3) is 2.91. The van der Waals surface area contributed by atoms with E-state index in [1.807, 2.05) is 25.1 Å². The molecule has 1 amide bonds. The zero-order valence-corrected chi connectivity index (χ0v) is 11.6. The lowest BCUT2D eigenvalue weighted by Gasteiger charge is -2.10. The Morgan fingerprint density at radius 1 is 1.25 bits per heavy atom. The van der Waals surface area contributed by atoms with Crippen LogP contribution in [0.1, 0.15) is 27.0 Å². The molecule has 104 valence electrons. The van der Waals surface area contributed by atoms with Gasteiger partial charge in [-0.05, 0) is 54.8 Å². The lowest BCUT2D eigenvalue weighted by atomic mass is 10.1. The van der Waals surface area contributed by atoms with Gasteiger partial charge in [0.1, 0.15) is 5.75 Å². The fourth-order valence-electron chi connectivity index (χ4n) is 1.97. The molecule has 2 aromatic rings. The van der Waals surface area contributed by atoms with Crippen LogP contribution in [-0.4, -0.2) is 11.0 Å². The van der Waals surface area contributed by atoms with Gasteiger partial charge in [-0.2, -0.15) is 0 Å². The molecular formula is C16H18N2O2. The molecule has 20 heavy (non-hydrogen) atoms. The normalized spacial score (nSPS) is 10.3. The van der Waals surface area contributed by atoms with Gasteiger partial charge in [-0.3, -0.25) is 4.79 Å². The third-order valence-electron chi connectivity index (χ3n) is 3.39. The molecule has 4 nitrogen and oxygen atoms in total. The predicted molar refractivity (Wildman–Crippen MR) is 79.6 cm³/mol. The lowest BCUT2D eigenvalue weighted by molar-refractivity contribution is 0.0951. The number of benzene rings is 2. The van der Waals surface area contributed by atoms with E-state index in [9.17, 15) is 9.90 Å². The minimum atomic E-state index is -0.171. The number of carbonyl (C=O) groups excluding carboxylic acids is 1. The largest absolute Gasteiger partial charge is 0.508 e. The van der Waals surface area contributed by atoms with Crippen molar-refractivity contribution in [3.8, 4) is 5.75 Å². The van der Waals surface area contributed by atoms with Gasteiger partial charge in [-0.15, -0.1) is 0 Å². The van der Waals surface area contributed by atoms with Crippen LogP contribution in [0.4, 0.5) is 5.69 Å². The molecule has 0 unspecified atom stereocenters. The third-order valence-corrected chi connectivity index (χ3v) is 3.39. The number of aryl methyl sites for hydroxylation is 1. The molecule has 4 N–H and O–H groups in total. The number of carbonyl (C=O) groups is 1. The Hall–Kier alpha value is -2.49. The van der Waals surface area contributed by atoms with Crippen molar-refractivity contribution in [3.05, 3.63) is 58.7 Å². The van der Waals surface area contributed by atoms with Crippen LogP contribution in [0.15, 0.2) is 36.4 Å². The fraction of sp³-hybridized carbons (Fsp3) is 0.188. The summed E-state index contributed by atoms with van der Waals surface area (Å²) in [7, 11) is 0. The quantitative estimate of drug-likeness (QED) is 0.750. The first-order chi connectivity index (χ1) is 9.49. The number of aromatic hydroxyl groups is 1. The molecule has 2 rings (SSSR count). The van der Waals surface area contributed by atoms with Gasteiger partial charge >= 0.3 is 0 Å². The molecule has 0 fully saturated rings. The average molecular weight is 270 g/mol. The van der Waals surface area contributed by atoms with Crippen LogP contribution < -0.4 is 11.1 Å². The number of hydrogen-bond acceptors (Lipinski definition) is 3. The fourth-order valence-corrected chi connectivity index (χ4v) is 1.97. The van der Waals surface area contributed by atoms with E-state index in [0.717, 1.165) is 16.8 Å². The first kappa shape index (κ1) is 13.9. The second kappa shape index (κ2) is 5.65. The monoisotopic (exact) mass is 270 g/mol. The van der Waals surface area contributed by atoms with Crippen LogP contribution in [0.5, 0.6) is 5.75 Å². The number of anilines is 1. The maximum absolute atomic E-state index is 12.1. The van der Waals surface area contributed by atoms with Gasteiger partial charge in [0, 0.05) is 17.8 Å². The summed E-state index contributed by atoms with van der Waals surface area (Å²) >= 11 is 0. The first-order valence-electron chi connectivity index (χ1n) is 6.41. The smallest absolute Gasteiger partial charge is 0.251 e. The van der Waals surface area contributed by atoms with Gasteiger partial charge < -0.3 is 16.2 Å². The Bertz CT molecular complexity index is 651. The number of nitrogen functional groups attached to an aromatic ring is 1. The number of rotatable bonds is 3. The second-order valence-electron chi connectivity index (χ2n) is 4.82. The van der Waals surface area contributed by atoms with Crippen molar-refractivity contribution < 1.29 is 9.90 Å². The molecule has 0 aromatic heterocycles. The van der Waals surface area contributed by atoms with Crippen LogP contribution in [-0.2, 0) is 6.54 Å². The van der Waals surface area contributed by atoms with E-state index >= 15 is 0 Å². The highest BCUT2D eigenvalue weighted by molar-refractivity contribution is 5.94. The van der Waals surface area contributed by atoms with Gasteiger partial charge in [0.2, 0.25) is 0 Å². The van der Waals surface area contributed by atoms with E-state index in [1.54, 1.807) is 19.1 Å². The first-order valence-corrected chi connectivity index (χ1v) is 6.41. The summed E-state index contributed by atoms with van der Waals surface area (Å²) in [5, 5.41) is 12.3. The molecule has 0 spiro atoms. The van der Waals surface area contributed by atoms with Crippen molar-refractivity contribution in [3.63, 3.8) is 0 Å². The average Bonchev–Trinajstić information content (AvgIpc) is 2.43. The molecule has 0 heterocycles. The molecule has 0 radical (unpaired) electrons. The van der Waals surface area contributed by atoms with Gasteiger partial charge in [0.15, 0.2) is 0 Å². The molecule has 0 atom stereocenters. The van der Waals surface area contributed by atoms with E-state index < -0.39 is 0 Å². The zero-order valence-electron chi connectivity index (χ0n) is 11.6. The molecule has 0 aliphatic rings. The van der Waals surface area contributed by atoms with Crippen molar-refractivity contribution in [1.82, 2.24) is 5.32 Å². The number of nitrogens with two attached hydrogens (primary N) is 1. The second-order valence-corrected chi connectivity index (χ2v) is 4.82. The maximum Gasteiger partial charge on any atom is 0.251 e. The van der Waals surface area contributed by atoms with E-state index in [-0.39, 0.29) is 11.7 Å². The number of amides is 1. The Labute approximate surface area is 118 Å². The summed E-state index contributed by atoms with van der Waals surface area (Å²) in [6.07, 6.45) is 0. The van der Waals surface area contributed by atoms with Crippen molar-refractivity contribution in [2.75, 3.05) is 5.73 Å². The van der Waals surface area contributed by atoms with Crippen molar-refractivity contribution in [2.45, 2.75) is 20.4 Å². The van der Waals surface area contributed by atoms with Gasteiger partial charge in [-0.1, -0.05) is 12.1 Å². The van der Waals surface area contributed by atoms with Crippen LogP contribution in [0.3, 0.4) is 0 Å². The standard InChI is InChI=1S/C16H18N2O2/c1-10-8-12(6-7-15(10)19)16(20)18-9-13-4-3-5-14(17)11(13)2/h3-8,19H,9,17H2,1-2H3,(H,18,20). The van der Waals surface area contributed by atoms with E-state index in [2.05, 4.69) is 5.32 Å². The van der Waals surface area contributed by atoms with Crippen LogP contribution in [0.25, 0.3) is 0 Å². The Morgan fingerprint density at radius 2 is 2.00 bits per heavy atom. The Kier molecular flexibility index (Phi) is 3.94. The number of phenolic OH excluding ortho intramolecular Hbond substituents is 1. The summed E-state index contributed by atoms with van der Waals surface area (Å²) in [6, 6.07) is 10.4. The van der Waals surface area contributed by atoms with E-state index in [4.69, 9.17) is 5.73 Å². The summed E-state index contributed by atoms with van der Waals surface area (Å²) in [5.41, 5.74) is 9.74. The molecule has 0 bridgehead atoms.